The summed E-state index contributed by atoms with van der Waals surface area (Å²) >= 11 is 0. The van der Waals surface area contributed by atoms with Crippen molar-refractivity contribution in [1.29, 1.82) is 0 Å². The quantitative estimate of drug-likeness (QED) is 0.480. The largest absolute Gasteiger partial charge is 0.338 e. The zero-order valence-corrected chi connectivity index (χ0v) is 17.8. The van der Waals surface area contributed by atoms with E-state index in [0.717, 1.165) is 11.6 Å². The highest BCUT2D eigenvalue weighted by atomic mass is 32.2. The number of sulfonamides is 2. The van der Waals surface area contributed by atoms with Gasteiger partial charge in [0, 0.05) is 23.2 Å². The molecule has 0 aliphatic heterocycles. The summed E-state index contributed by atoms with van der Waals surface area (Å²) in [5, 5.41) is 11.6. The summed E-state index contributed by atoms with van der Waals surface area (Å²) in [7, 11) is -6.17. The molecular formula is C18H19FN6O4S2. The Bertz CT molecular complexity index is 1300. The summed E-state index contributed by atoms with van der Waals surface area (Å²) in [5.74, 6) is -0.872. The van der Waals surface area contributed by atoms with Gasteiger partial charge in [-0.25, -0.2) is 36.1 Å². The number of nitrogens with zero attached hydrogens (tertiary/aromatic N) is 2. The average Bonchev–Trinajstić information content (AvgIpc) is 2.70. The summed E-state index contributed by atoms with van der Waals surface area (Å²) in [6, 6.07) is 5.79. The van der Waals surface area contributed by atoms with Gasteiger partial charge in [0.25, 0.3) is 0 Å². The van der Waals surface area contributed by atoms with E-state index in [-0.39, 0.29) is 23.1 Å². The summed E-state index contributed by atoms with van der Waals surface area (Å²) in [6.07, 6.45) is 6.08. The summed E-state index contributed by atoms with van der Waals surface area (Å²) in [6.45, 7) is 0. The van der Waals surface area contributed by atoms with E-state index < -0.39 is 25.9 Å². The highest BCUT2D eigenvalue weighted by Gasteiger charge is 2.14. The van der Waals surface area contributed by atoms with Crippen molar-refractivity contribution < 1.29 is 21.2 Å². The number of aromatic nitrogens is 2. The fraction of sp³-hybridized carbons (Fsp3) is 0.111. The van der Waals surface area contributed by atoms with Gasteiger partial charge in [-0.05, 0) is 36.9 Å². The van der Waals surface area contributed by atoms with Crippen molar-refractivity contribution in [2.45, 2.75) is 11.3 Å². The fourth-order valence-electron chi connectivity index (χ4n) is 2.66. The van der Waals surface area contributed by atoms with Crippen LogP contribution in [0.25, 0.3) is 0 Å². The van der Waals surface area contributed by atoms with Crippen LogP contribution in [0, 0.1) is 5.82 Å². The number of nitrogens with two attached hydrogens (primary N) is 1. The summed E-state index contributed by atoms with van der Waals surface area (Å²) in [5.41, 5.74) is 1.32. The van der Waals surface area contributed by atoms with E-state index in [1.54, 1.807) is 24.3 Å². The molecule has 3 rings (SSSR count). The second-order valence-electron chi connectivity index (χ2n) is 6.39. The van der Waals surface area contributed by atoms with Crippen molar-refractivity contribution >= 4 is 37.5 Å². The minimum Gasteiger partial charge on any atom is -0.338 e. The van der Waals surface area contributed by atoms with Gasteiger partial charge in [0.2, 0.25) is 26.0 Å². The third kappa shape index (κ3) is 6.18. The molecule has 0 radical (unpaired) electrons. The minimum atomic E-state index is -3.79. The van der Waals surface area contributed by atoms with E-state index in [1.807, 2.05) is 0 Å². The van der Waals surface area contributed by atoms with E-state index >= 15 is 0 Å². The Morgan fingerprint density at radius 1 is 1.19 bits per heavy atom. The van der Waals surface area contributed by atoms with Gasteiger partial charge in [-0.2, -0.15) is 4.98 Å². The molecule has 31 heavy (non-hydrogen) atoms. The molecule has 1 heterocycles. The minimum absolute atomic E-state index is 0.00105. The second-order valence-corrected chi connectivity index (χ2v) is 9.69. The van der Waals surface area contributed by atoms with Crippen molar-refractivity contribution in [2.75, 3.05) is 17.7 Å². The number of primary sulfonamides is 1. The Morgan fingerprint density at radius 3 is 2.68 bits per heavy atom. The van der Waals surface area contributed by atoms with Gasteiger partial charge in [0.05, 0.1) is 11.1 Å². The maximum absolute atomic E-state index is 14.2. The molecular weight excluding hydrogens is 447 g/mol. The topological polar surface area (TPSA) is 156 Å². The van der Waals surface area contributed by atoms with Crippen molar-refractivity contribution in [3.63, 3.8) is 0 Å². The van der Waals surface area contributed by atoms with Crippen LogP contribution in [-0.2, 0) is 20.0 Å². The number of hydrogen-bond acceptors (Lipinski definition) is 8. The van der Waals surface area contributed by atoms with Crippen LogP contribution in [0.2, 0.25) is 0 Å². The van der Waals surface area contributed by atoms with E-state index in [1.165, 1.54) is 25.2 Å². The first-order valence-electron chi connectivity index (χ1n) is 8.76. The van der Waals surface area contributed by atoms with Crippen LogP contribution < -0.4 is 20.5 Å². The predicted octanol–water partition coefficient (Wildman–Crippen LogP) is 1.70. The molecule has 2 aromatic rings. The Hall–Kier alpha value is -3.13. The van der Waals surface area contributed by atoms with E-state index in [4.69, 9.17) is 5.14 Å². The van der Waals surface area contributed by atoms with Gasteiger partial charge in [-0.15, -0.1) is 0 Å². The molecule has 5 N–H and O–H groups in total. The molecule has 0 spiro atoms. The molecule has 1 aromatic heterocycles. The molecule has 0 saturated heterocycles. The van der Waals surface area contributed by atoms with Gasteiger partial charge in [-0.3, -0.25) is 0 Å². The number of anilines is 3. The lowest BCUT2D eigenvalue weighted by molar-refractivity contribution is 0.588. The maximum atomic E-state index is 14.2. The highest BCUT2D eigenvalue weighted by Crippen LogP contribution is 2.23. The molecule has 0 fully saturated rings. The number of benzene rings is 1. The zero-order valence-electron chi connectivity index (χ0n) is 16.2. The molecule has 13 heteroatoms. The van der Waals surface area contributed by atoms with Crippen LogP contribution in [0.4, 0.5) is 21.8 Å². The first kappa shape index (κ1) is 22.6. The number of nitrogens with one attached hydrogen (secondary N) is 3. The first-order chi connectivity index (χ1) is 14.6. The SMILES string of the molecule is CNS(=O)(=O)c1cccc(Nc2nc(NC3=CC=C/C(=C\S(N)(=O)=O)C3)ncc2F)c1. The standard InChI is InChI=1S/C18H19FN6O4S2/c1-21-31(28,29)15-7-3-6-14(9-15)23-17-16(19)10-22-18(25-17)24-13-5-2-4-12(8-13)11-30(20,26)27/h2-7,9-11,21H,8H2,1H3,(H2,20,26,27)(H2,22,23,24,25)/b12-11+. The van der Waals surface area contributed by atoms with Crippen molar-refractivity contribution in [2.24, 2.45) is 5.14 Å². The van der Waals surface area contributed by atoms with E-state index in [2.05, 4.69) is 25.3 Å². The van der Waals surface area contributed by atoms with Gasteiger partial charge in [-0.1, -0.05) is 18.2 Å². The van der Waals surface area contributed by atoms with Crippen molar-refractivity contribution in [1.82, 2.24) is 14.7 Å². The van der Waals surface area contributed by atoms with Crippen molar-refractivity contribution in [3.05, 3.63) is 71.2 Å². The zero-order chi connectivity index (χ0) is 22.6. The first-order valence-corrected chi connectivity index (χ1v) is 11.9. The van der Waals surface area contributed by atoms with Crippen LogP contribution in [-0.4, -0.2) is 33.9 Å². The summed E-state index contributed by atoms with van der Waals surface area (Å²) < 4.78 is 62.8. The predicted molar refractivity (Wildman–Crippen MR) is 115 cm³/mol. The molecule has 0 bridgehead atoms. The lowest BCUT2D eigenvalue weighted by atomic mass is 10.1. The number of halogens is 1. The Morgan fingerprint density at radius 2 is 1.97 bits per heavy atom. The Balaban J connectivity index is 1.80. The normalized spacial score (nSPS) is 15.6. The summed E-state index contributed by atoms with van der Waals surface area (Å²) in [4.78, 5) is 7.95. The monoisotopic (exact) mass is 466 g/mol. The van der Waals surface area contributed by atoms with Crippen LogP contribution in [0.1, 0.15) is 6.42 Å². The number of rotatable bonds is 7. The molecule has 0 amide bonds. The smallest absolute Gasteiger partial charge is 0.240 e. The van der Waals surface area contributed by atoms with Crippen LogP contribution in [0.5, 0.6) is 0 Å². The maximum Gasteiger partial charge on any atom is 0.240 e. The molecule has 0 unspecified atom stereocenters. The lowest BCUT2D eigenvalue weighted by Crippen LogP contribution is -2.18. The van der Waals surface area contributed by atoms with Crippen molar-refractivity contribution in [3.8, 4) is 0 Å². The molecule has 0 atom stereocenters. The Labute approximate surface area is 178 Å². The highest BCUT2D eigenvalue weighted by molar-refractivity contribution is 7.92. The second kappa shape index (κ2) is 8.93. The Kier molecular flexibility index (Phi) is 6.50. The van der Waals surface area contributed by atoms with Crippen LogP contribution in [0.15, 0.2) is 70.3 Å². The van der Waals surface area contributed by atoms with Gasteiger partial charge >= 0.3 is 0 Å². The molecule has 0 saturated carbocycles. The third-order valence-electron chi connectivity index (χ3n) is 4.01. The molecule has 1 aliphatic rings. The third-order valence-corrected chi connectivity index (χ3v) is 6.05. The average molecular weight is 467 g/mol. The number of allylic oxidation sites excluding steroid dienone is 4. The fourth-order valence-corrected chi connectivity index (χ4v) is 4.02. The molecule has 164 valence electrons. The number of hydrogen-bond donors (Lipinski definition) is 4. The van der Waals surface area contributed by atoms with E-state index in [9.17, 15) is 21.2 Å². The van der Waals surface area contributed by atoms with E-state index in [0.29, 0.717) is 17.0 Å². The van der Waals surface area contributed by atoms with Gasteiger partial charge in [0.1, 0.15) is 0 Å². The van der Waals surface area contributed by atoms with Gasteiger partial charge in [0.15, 0.2) is 11.6 Å². The molecule has 1 aliphatic carbocycles. The lowest BCUT2D eigenvalue weighted by Gasteiger charge is -2.14. The van der Waals surface area contributed by atoms with Crippen LogP contribution in [0.3, 0.4) is 0 Å². The van der Waals surface area contributed by atoms with Crippen LogP contribution >= 0.6 is 0 Å². The van der Waals surface area contributed by atoms with Gasteiger partial charge < -0.3 is 10.6 Å². The molecule has 1 aromatic carbocycles. The molecule has 10 nitrogen and oxygen atoms in total.